The van der Waals surface area contributed by atoms with Crippen LogP contribution in [-0.2, 0) is 4.79 Å². The first-order chi connectivity index (χ1) is 10.0. The lowest BCUT2D eigenvalue weighted by atomic mass is 10.1. The van der Waals surface area contributed by atoms with Crippen LogP contribution in [0.3, 0.4) is 0 Å². The Kier molecular flexibility index (Phi) is 5.11. The minimum absolute atomic E-state index is 0.0357. The van der Waals surface area contributed by atoms with Crippen LogP contribution in [0.1, 0.15) is 17.3 Å². The first kappa shape index (κ1) is 15.3. The molecule has 0 atom stereocenters. The zero-order valence-corrected chi connectivity index (χ0v) is 12.9. The average Bonchev–Trinajstić information content (AvgIpc) is 2.47. The van der Waals surface area contributed by atoms with Gasteiger partial charge in [-0.15, -0.1) is 0 Å². The monoisotopic (exact) mass is 348 g/mol. The maximum Gasteiger partial charge on any atom is 0.349 e. The number of benzene rings is 2. The van der Waals surface area contributed by atoms with Crippen molar-refractivity contribution in [1.82, 2.24) is 0 Å². The summed E-state index contributed by atoms with van der Waals surface area (Å²) < 4.78 is 11.4. The molecule has 0 aliphatic rings. The fourth-order valence-electron chi connectivity index (χ4n) is 1.59. The number of carbonyl (C=O) groups is 2. The molecule has 0 unspecified atom stereocenters. The van der Waals surface area contributed by atoms with E-state index in [-0.39, 0.29) is 12.4 Å². The van der Waals surface area contributed by atoms with Gasteiger partial charge >= 0.3 is 5.97 Å². The molecule has 0 bridgehead atoms. The van der Waals surface area contributed by atoms with Gasteiger partial charge in [-0.2, -0.15) is 0 Å². The largest absolute Gasteiger partial charge is 0.482 e. The Labute approximate surface area is 130 Å². The second kappa shape index (κ2) is 7.04. The van der Waals surface area contributed by atoms with E-state index in [0.29, 0.717) is 17.1 Å². The molecular weight excluding hydrogens is 336 g/mol. The SMILES string of the molecule is CC(=O)c1ccc(OC(=O)COc2ccc(Br)cc2)cc1. The van der Waals surface area contributed by atoms with Gasteiger partial charge in [-0.05, 0) is 55.5 Å². The number of hydrogen-bond donors (Lipinski definition) is 0. The van der Waals surface area contributed by atoms with Crippen molar-refractivity contribution in [3.63, 3.8) is 0 Å². The lowest BCUT2D eigenvalue weighted by molar-refractivity contribution is -0.136. The summed E-state index contributed by atoms with van der Waals surface area (Å²) in [6.07, 6.45) is 0. The van der Waals surface area contributed by atoms with Crippen molar-refractivity contribution < 1.29 is 19.1 Å². The molecule has 0 spiro atoms. The van der Waals surface area contributed by atoms with E-state index in [0.717, 1.165) is 4.47 Å². The highest BCUT2D eigenvalue weighted by Crippen LogP contribution is 2.16. The van der Waals surface area contributed by atoms with Crippen LogP contribution in [0.2, 0.25) is 0 Å². The molecule has 0 aliphatic heterocycles. The lowest BCUT2D eigenvalue weighted by Gasteiger charge is -2.07. The standard InChI is InChI=1S/C16H13BrO4/c1-11(18)12-2-6-15(7-3-12)21-16(19)10-20-14-8-4-13(17)5-9-14/h2-9H,10H2,1H3. The molecule has 2 aromatic carbocycles. The number of rotatable bonds is 5. The van der Waals surface area contributed by atoms with Gasteiger partial charge in [0.1, 0.15) is 11.5 Å². The summed E-state index contributed by atoms with van der Waals surface area (Å²) in [5.74, 6) is 0.423. The molecule has 0 saturated heterocycles. The van der Waals surface area contributed by atoms with Gasteiger partial charge in [0.2, 0.25) is 0 Å². The fourth-order valence-corrected chi connectivity index (χ4v) is 1.86. The van der Waals surface area contributed by atoms with E-state index in [1.54, 1.807) is 36.4 Å². The lowest BCUT2D eigenvalue weighted by Crippen LogP contribution is -2.17. The Bertz CT molecular complexity index is 632. The minimum Gasteiger partial charge on any atom is -0.482 e. The number of carbonyl (C=O) groups excluding carboxylic acids is 2. The Balaban J connectivity index is 1.86. The minimum atomic E-state index is -0.506. The summed E-state index contributed by atoms with van der Waals surface area (Å²) in [6.45, 7) is 1.29. The Morgan fingerprint density at radius 2 is 1.52 bits per heavy atom. The summed E-state index contributed by atoms with van der Waals surface area (Å²) in [5.41, 5.74) is 0.570. The van der Waals surface area contributed by atoms with Crippen molar-refractivity contribution in [2.24, 2.45) is 0 Å². The zero-order valence-electron chi connectivity index (χ0n) is 11.3. The second-order valence-corrected chi connectivity index (χ2v) is 5.21. The van der Waals surface area contributed by atoms with E-state index >= 15 is 0 Å². The highest BCUT2D eigenvalue weighted by Gasteiger charge is 2.07. The first-order valence-electron chi connectivity index (χ1n) is 6.24. The number of ether oxygens (including phenoxy) is 2. The Morgan fingerprint density at radius 3 is 2.10 bits per heavy atom. The Morgan fingerprint density at radius 1 is 0.952 bits per heavy atom. The number of Topliss-reactive ketones (excluding diaryl/α,β-unsaturated/α-hetero) is 1. The van der Waals surface area contributed by atoms with Crippen molar-refractivity contribution in [3.05, 3.63) is 58.6 Å². The summed E-state index contributed by atoms with van der Waals surface area (Å²) in [7, 11) is 0. The quantitative estimate of drug-likeness (QED) is 0.470. The molecule has 21 heavy (non-hydrogen) atoms. The molecule has 108 valence electrons. The van der Waals surface area contributed by atoms with Crippen LogP contribution in [-0.4, -0.2) is 18.4 Å². The molecule has 0 amide bonds. The van der Waals surface area contributed by atoms with Crippen molar-refractivity contribution in [2.45, 2.75) is 6.92 Å². The van der Waals surface area contributed by atoms with Crippen LogP contribution in [0.15, 0.2) is 53.0 Å². The van der Waals surface area contributed by atoms with E-state index in [2.05, 4.69) is 15.9 Å². The molecule has 0 fully saturated rings. The van der Waals surface area contributed by atoms with Gasteiger partial charge in [-0.25, -0.2) is 4.79 Å². The molecule has 2 aromatic rings. The van der Waals surface area contributed by atoms with Crippen LogP contribution < -0.4 is 9.47 Å². The van der Waals surface area contributed by atoms with Crippen LogP contribution in [0, 0.1) is 0 Å². The average molecular weight is 349 g/mol. The molecule has 0 aromatic heterocycles. The van der Waals surface area contributed by atoms with Crippen molar-refractivity contribution in [2.75, 3.05) is 6.61 Å². The van der Waals surface area contributed by atoms with Gasteiger partial charge in [0.25, 0.3) is 0 Å². The van der Waals surface area contributed by atoms with Crippen LogP contribution in [0.4, 0.5) is 0 Å². The number of hydrogen-bond acceptors (Lipinski definition) is 4. The topological polar surface area (TPSA) is 52.6 Å². The first-order valence-corrected chi connectivity index (χ1v) is 7.04. The molecule has 4 nitrogen and oxygen atoms in total. The van der Waals surface area contributed by atoms with Crippen LogP contribution >= 0.6 is 15.9 Å². The molecule has 0 saturated carbocycles. The Hall–Kier alpha value is -2.14. The smallest absolute Gasteiger partial charge is 0.349 e. The second-order valence-electron chi connectivity index (χ2n) is 4.30. The molecule has 0 N–H and O–H groups in total. The van der Waals surface area contributed by atoms with Crippen molar-refractivity contribution >= 4 is 27.7 Å². The third-order valence-electron chi connectivity index (χ3n) is 2.66. The maximum atomic E-state index is 11.6. The number of esters is 1. The summed E-state index contributed by atoms with van der Waals surface area (Å²) in [5, 5.41) is 0. The van der Waals surface area contributed by atoms with Gasteiger partial charge in [-0.1, -0.05) is 15.9 Å². The summed E-state index contributed by atoms with van der Waals surface area (Å²) in [4.78, 5) is 22.8. The normalized spacial score (nSPS) is 10.0. The highest BCUT2D eigenvalue weighted by atomic mass is 79.9. The third-order valence-corrected chi connectivity index (χ3v) is 3.19. The van der Waals surface area contributed by atoms with Crippen molar-refractivity contribution in [3.8, 4) is 11.5 Å². The number of ketones is 1. The molecule has 0 radical (unpaired) electrons. The van der Waals surface area contributed by atoms with Gasteiger partial charge in [0, 0.05) is 10.0 Å². The van der Waals surface area contributed by atoms with E-state index in [1.807, 2.05) is 12.1 Å². The third kappa shape index (κ3) is 4.72. The van der Waals surface area contributed by atoms with Gasteiger partial charge < -0.3 is 9.47 Å². The zero-order chi connectivity index (χ0) is 15.2. The van der Waals surface area contributed by atoms with E-state index in [4.69, 9.17) is 9.47 Å². The van der Waals surface area contributed by atoms with Gasteiger partial charge in [0.15, 0.2) is 12.4 Å². The molecule has 5 heteroatoms. The number of halogens is 1. The predicted molar refractivity (Wildman–Crippen MR) is 81.7 cm³/mol. The fraction of sp³-hybridized carbons (Fsp3) is 0.125. The predicted octanol–water partition coefficient (Wildman–Crippen LogP) is 3.64. The van der Waals surface area contributed by atoms with Gasteiger partial charge in [0.05, 0.1) is 0 Å². The molecule has 2 rings (SSSR count). The van der Waals surface area contributed by atoms with Crippen LogP contribution in [0.25, 0.3) is 0 Å². The molecule has 0 heterocycles. The van der Waals surface area contributed by atoms with E-state index < -0.39 is 5.97 Å². The summed E-state index contributed by atoms with van der Waals surface area (Å²) >= 11 is 3.31. The summed E-state index contributed by atoms with van der Waals surface area (Å²) in [6, 6.07) is 13.5. The van der Waals surface area contributed by atoms with Crippen LogP contribution in [0.5, 0.6) is 11.5 Å². The van der Waals surface area contributed by atoms with Gasteiger partial charge in [-0.3, -0.25) is 4.79 Å². The highest BCUT2D eigenvalue weighted by molar-refractivity contribution is 9.10. The maximum absolute atomic E-state index is 11.6. The molecule has 0 aliphatic carbocycles. The molecular formula is C16H13BrO4. The van der Waals surface area contributed by atoms with Crippen molar-refractivity contribution in [1.29, 1.82) is 0 Å². The van der Waals surface area contributed by atoms with E-state index in [9.17, 15) is 9.59 Å². The van der Waals surface area contributed by atoms with E-state index in [1.165, 1.54) is 6.92 Å².